The Kier molecular flexibility index (Phi) is 14.8. The second kappa shape index (κ2) is 19.6. The molecule has 2 saturated heterocycles. The topological polar surface area (TPSA) is 210 Å². The average Bonchev–Trinajstić information content (AvgIpc) is 3.82. The van der Waals surface area contributed by atoms with Crippen molar-refractivity contribution in [3.63, 3.8) is 0 Å². The van der Waals surface area contributed by atoms with Crippen LogP contribution in [0.15, 0.2) is 43.3 Å². The van der Waals surface area contributed by atoms with Gasteiger partial charge in [-0.1, -0.05) is 13.8 Å². The molecule has 2 N–H and O–H groups in total. The summed E-state index contributed by atoms with van der Waals surface area (Å²) in [7, 11) is 0. The van der Waals surface area contributed by atoms with Gasteiger partial charge in [0.25, 0.3) is 16.9 Å². The van der Waals surface area contributed by atoms with Crippen molar-refractivity contribution in [1.29, 1.82) is 0 Å². The van der Waals surface area contributed by atoms with Crippen molar-refractivity contribution in [2.24, 2.45) is 0 Å². The largest absolute Gasteiger partial charge is 0.444 e. The Morgan fingerprint density at radius 1 is 0.742 bits per heavy atom. The van der Waals surface area contributed by atoms with Crippen LogP contribution in [0, 0.1) is 0 Å². The fourth-order valence-electron chi connectivity index (χ4n) is 7.36. The van der Waals surface area contributed by atoms with Crippen molar-refractivity contribution >= 4 is 78.6 Å². The molecule has 6 heterocycles. The van der Waals surface area contributed by atoms with Gasteiger partial charge in [-0.25, -0.2) is 14.6 Å². The standard InChI is InChI=1S/C25H29BrF3N7O4.C16H23BrN6O3/c1-5-17-19(33-10-12-34(13-11-33)23(39)40-24(2,3)4)20(38)36-22(31-21(26)32-36)35(17)14-18(37)30-16-8-6-15(7-9-16)25(27,28)29;1-5-10-11(12(24)23-14(18-10)19-13(17)20-23)21-6-8-22(9-7-21)15(25)26-16(2,3)4/h6-9H,5,10-14H2,1-4H3,(H,30,37);5-9H2,1-4H3,(H,18,19,20). The summed E-state index contributed by atoms with van der Waals surface area (Å²) in [4.78, 5) is 84.2. The number of benzene rings is 1. The zero-order valence-electron chi connectivity index (χ0n) is 37.8. The Hall–Kier alpha value is -5.72. The van der Waals surface area contributed by atoms with Crippen molar-refractivity contribution in [1.82, 2.24) is 48.5 Å². The van der Waals surface area contributed by atoms with E-state index in [-0.39, 0.29) is 34.4 Å². The van der Waals surface area contributed by atoms with E-state index in [2.05, 4.69) is 62.3 Å². The zero-order valence-corrected chi connectivity index (χ0v) is 40.9. The molecule has 5 aromatic rings. The first-order valence-corrected chi connectivity index (χ1v) is 22.7. The lowest BCUT2D eigenvalue weighted by molar-refractivity contribution is -0.137. The van der Waals surface area contributed by atoms with Gasteiger partial charge < -0.3 is 39.0 Å². The Morgan fingerprint density at radius 2 is 1.27 bits per heavy atom. The van der Waals surface area contributed by atoms with E-state index in [9.17, 15) is 37.1 Å². The van der Waals surface area contributed by atoms with Crippen LogP contribution in [-0.4, -0.2) is 130 Å². The lowest BCUT2D eigenvalue weighted by Crippen LogP contribution is -2.51. The first-order valence-electron chi connectivity index (χ1n) is 21.1. The van der Waals surface area contributed by atoms with Gasteiger partial charge in [0.2, 0.25) is 16.4 Å². The predicted molar refractivity (Wildman–Crippen MR) is 245 cm³/mol. The number of fused-ring (bicyclic) bond motifs is 2. The number of aryl methyl sites for hydroxylation is 1. The van der Waals surface area contributed by atoms with Crippen LogP contribution in [0.3, 0.4) is 0 Å². The van der Waals surface area contributed by atoms with Gasteiger partial charge in [0, 0.05) is 58.0 Å². The molecule has 0 aliphatic carbocycles. The van der Waals surface area contributed by atoms with E-state index in [1.807, 2.05) is 44.4 Å². The van der Waals surface area contributed by atoms with E-state index >= 15 is 0 Å². The molecular weight excluding hydrogens is 1000 g/mol. The molecule has 0 spiro atoms. The lowest BCUT2D eigenvalue weighted by atomic mass is 10.2. The molecular formula is C41H52Br2F3N13O7. The number of hydrogen-bond acceptors (Lipinski definition) is 13. The Morgan fingerprint density at radius 3 is 1.76 bits per heavy atom. The first kappa shape index (κ1) is 49.7. The van der Waals surface area contributed by atoms with Crippen LogP contribution >= 0.6 is 31.9 Å². The minimum Gasteiger partial charge on any atom is -0.444 e. The number of aromatic amines is 1. The molecule has 358 valence electrons. The normalized spacial score (nSPS) is 14.9. The SMILES string of the molecule is CCc1c(N2CCN(C(=O)OC(C)(C)C)CC2)c(=O)n2nc(Br)nc2n1CC(=O)Nc1ccc(C(F)(F)F)cc1.CCc1nc2nc(Br)[nH]n2c(=O)c1N1CCN(C(=O)OC(C)(C)C)CC1. The summed E-state index contributed by atoms with van der Waals surface area (Å²) in [6.45, 7) is 17.8. The number of nitrogens with one attached hydrogen (secondary N) is 2. The van der Waals surface area contributed by atoms with Crippen molar-refractivity contribution in [2.75, 3.05) is 67.5 Å². The molecule has 0 radical (unpaired) electrons. The molecule has 2 aliphatic heterocycles. The van der Waals surface area contributed by atoms with E-state index in [1.165, 1.54) is 16.6 Å². The van der Waals surface area contributed by atoms with Crippen molar-refractivity contribution in [3.8, 4) is 0 Å². The molecule has 0 unspecified atom stereocenters. The molecule has 2 aliphatic rings. The molecule has 25 heteroatoms. The highest BCUT2D eigenvalue weighted by atomic mass is 79.9. The van der Waals surface area contributed by atoms with Crippen LogP contribution in [-0.2, 0) is 39.8 Å². The highest BCUT2D eigenvalue weighted by molar-refractivity contribution is 9.10. The number of ether oxygens (including phenoxy) is 2. The van der Waals surface area contributed by atoms with Crippen LogP contribution < -0.4 is 26.2 Å². The fourth-order valence-corrected chi connectivity index (χ4v) is 8.01. The Labute approximate surface area is 393 Å². The molecule has 0 bridgehead atoms. The van der Waals surface area contributed by atoms with E-state index in [0.29, 0.717) is 98.5 Å². The molecule has 20 nitrogen and oxygen atoms in total. The second-order valence-corrected chi connectivity index (χ2v) is 18.8. The number of amides is 3. The van der Waals surface area contributed by atoms with Gasteiger partial charge in [-0.05, 0) is 111 Å². The van der Waals surface area contributed by atoms with E-state index in [1.54, 1.807) is 35.1 Å². The molecule has 3 amide bonds. The first-order chi connectivity index (χ1) is 30.9. The summed E-state index contributed by atoms with van der Waals surface area (Å²) in [5.74, 6) is -0.0536. The maximum Gasteiger partial charge on any atom is 0.416 e. The molecule has 1 aromatic carbocycles. The summed E-state index contributed by atoms with van der Waals surface area (Å²) in [5, 5.41) is 9.59. The number of H-pyrrole nitrogens is 1. The molecule has 2 fully saturated rings. The zero-order chi connectivity index (χ0) is 48.5. The fraction of sp³-hybridized carbons (Fsp3) is 0.537. The van der Waals surface area contributed by atoms with Gasteiger partial charge in [-0.3, -0.25) is 19.5 Å². The van der Waals surface area contributed by atoms with Gasteiger partial charge in [0.05, 0.1) is 17.0 Å². The smallest absolute Gasteiger partial charge is 0.416 e. The van der Waals surface area contributed by atoms with Crippen molar-refractivity contribution < 1.29 is 37.0 Å². The third-order valence-corrected chi connectivity index (χ3v) is 11.0. The van der Waals surface area contributed by atoms with Crippen LogP contribution in [0.5, 0.6) is 0 Å². The minimum absolute atomic E-state index is 0.132. The molecule has 0 atom stereocenters. The van der Waals surface area contributed by atoms with Crippen LogP contribution in [0.25, 0.3) is 11.6 Å². The van der Waals surface area contributed by atoms with Crippen LogP contribution in [0.4, 0.5) is 39.8 Å². The number of anilines is 3. The second-order valence-electron chi connectivity index (χ2n) is 17.4. The third kappa shape index (κ3) is 11.6. The quantitative estimate of drug-likeness (QED) is 0.200. The molecule has 7 rings (SSSR count). The Bertz CT molecular complexity index is 2710. The van der Waals surface area contributed by atoms with E-state index < -0.39 is 40.5 Å². The average molecular weight is 1060 g/mol. The summed E-state index contributed by atoms with van der Waals surface area (Å²) >= 11 is 6.43. The minimum atomic E-state index is -4.49. The number of piperazine rings is 2. The third-order valence-electron chi connectivity index (χ3n) is 10.3. The molecule has 4 aromatic heterocycles. The van der Waals surface area contributed by atoms with Crippen molar-refractivity contribution in [2.45, 2.75) is 92.2 Å². The van der Waals surface area contributed by atoms with Gasteiger partial charge in [0.1, 0.15) is 29.1 Å². The van der Waals surface area contributed by atoms with Gasteiger partial charge in [-0.15, -0.1) is 5.10 Å². The number of alkyl halides is 3. The highest BCUT2D eigenvalue weighted by Gasteiger charge is 2.33. The van der Waals surface area contributed by atoms with E-state index in [4.69, 9.17) is 9.47 Å². The number of hydrogen-bond donors (Lipinski definition) is 2. The number of carbonyl (C=O) groups is 3. The monoisotopic (exact) mass is 1050 g/mol. The maximum absolute atomic E-state index is 13.6. The number of nitrogens with zero attached hydrogens (tertiary/aromatic N) is 11. The number of halogens is 5. The van der Waals surface area contributed by atoms with Crippen LogP contribution in [0.2, 0.25) is 0 Å². The van der Waals surface area contributed by atoms with Gasteiger partial charge in [0.15, 0.2) is 4.73 Å². The number of carbonyl (C=O) groups excluding carboxylic acids is 3. The molecule has 0 saturated carbocycles. The summed E-state index contributed by atoms with van der Waals surface area (Å²) in [6.07, 6.45) is -4.26. The predicted octanol–water partition coefficient (Wildman–Crippen LogP) is 5.73. The van der Waals surface area contributed by atoms with Crippen molar-refractivity contribution in [3.05, 3.63) is 71.4 Å². The summed E-state index contributed by atoms with van der Waals surface area (Å²) in [5.41, 5.74) is -0.269. The summed E-state index contributed by atoms with van der Waals surface area (Å²) < 4.78 is 54.1. The number of aromatic nitrogens is 8. The number of rotatable bonds is 7. The van der Waals surface area contributed by atoms with Gasteiger partial charge in [-0.2, -0.15) is 32.2 Å². The van der Waals surface area contributed by atoms with E-state index in [0.717, 1.165) is 16.6 Å². The van der Waals surface area contributed by atoms with Crippen LogP contribution in [0.1, 0.15) is 72.3 Å². The maximum atomic E-state index is 13.6. The highest BCUT2D eigenvalue weighted by Crippen LogP contribution is 2.30. The summed E-state index contributed by atoms with van der Waals surface area (Å²) in [6, 6.07) is 4.11. The Balaban J connectivity index is 0.000000239. The van der Waals surface area contributed by atoms with Gasteiger partial charge >= 0.3 is 18.4 Å². The molecule has 66 heavy (non-hydrogen) atoms. The lowest BCUT2D eigenvalue weighted by Gasteiger charge is -2.37.